The van der Waals surface area contributed by atoms with E-state index in [1.54, 1.807) is 29.2 Å². The largest absolute Gasteiger partial charge is 0.494 e. The second-order valence-corrected chi connectivity index (χ2v) is 12.6. The quantitative estimate of drug-likeness (QED) is 0.205. The van der Waals surface area contributed by atoms with Crippen LogP contribution in [0.25, 0.3) is 0 Å². The SMILES string of the molecule is CCCCNC(=O)C(Cc1ccccc1)N(Cc1cccc(C)c1)C(=O)CCCN(c1ccc(OCC)cc1)S(C)(=O)=O. The summed E-state index contributed by atoms with van der Waals surface area (Å²) in [6.07, 6.45) is 3.70. The van der Waals surface area contributed by atoms with Crippen LogP contribution >= 0.6 is 0 Å². The molecule has 0 aliphatic carbocycles. The summed E-state index contributed by atoms with van der Waals surface area (Å²) >= 11 is 0. The van der Waals surface area contributed by atoms with Crippen molar-refractivity contribution in [3.63, 3.8) is 0 Å². The summed E-state index contributed by atoms with van der Waals surface area (Å²) in [6, 6.07) is 23.8. The maximum Gasteiger partial charge on any atom is 0.243 e. The zero-order valence-electron chi connectivity index (χ0n) is 25.8. The lowest BCUT2D eigenvalue weighted by molar-refractivity contribution is -0.141. The molecule has 8 nitrogen and oxygen atoms in total. The topological polar surface area (TPSA) is 96.0 Å². The standard InChI is InChI=1S/C34H45N3O5S/c1-5-7-22-35-34(39)32(25-28-14-9-8-10-15-28)36(26-29-16-11-13-27(3)24-29)33(38)17-12-23-37(43(4,40)41)30-18-20-31(21-19-30)42-6-2/h8-11,13-16,18-21,24,32H,5-7,12,17,22-23,25-26H2,1-4H3,(H,35,39). The van der Waals surface area contributed by atoms with Gasteiger partial charge in [-0.3, -0.25) is 13.9 Å². The van der Waals surface area contributed by atoms with E-state index in [2.05, 4.69) is 12.2 Å². The molecule has 0 radical (unpaired) electrons. The zero-order chi connectivity index (χ0) is 31.2. The van der Waals surface area contributed by atoms with Gasteiger partial charge in [0.2, 0.25) is 21.8 Å². The Bertz CT molecular complexity index is 1410. The first-order chi connectivity index (χ1) is 20.6. The van der Waals surface area contributed by atoms with Crippen molar-refractivity contribution in [1.82, 2.24) is 10.2 Å². The maximum atomic E-state index is 13.9. The van der Waals surface area contributed by atoms with E-state index in [0.29, 0.717) is 37.4 Å². The molecule has 1 N–H and O–H groups in total. The molecule has 0 aromatic heterocycles. The van der Waals surface area contributed by atoms with Gasteiger partial charge in [-0.1, -0.05) is 73.5 Å². The molecule has 2 amide bonds. The summed E-state index contributed by atoms with van der Waals surface area (Å²) < 4.78 is 32.2. The molecule has 0 spiro atoms. The molecule has 1 unspecified atom stereocenters. The third kappa shape index (κ3) is 10.7. The number of nitrogens with one attached hydrogen (secondary N) is 1. The Hall–Kier alpha value is -3.85. The normalized spacial score (nSPS) is 11.9. The number of rotatable bonds is 17. The molecule has 0 saturated heterocycles. The molecule has 0 heterocycles. The predicted molar refractivity (Wildman–Crippen MR) is 173 cm³/mol. The average Bonchev–Trinajstić information content (AvgIpc) is 2.98. The molecular weight excluding hydrogens is 562 g/mol. The summed E-state index contributed by atoms with van der Waals surface area (Å²) in [7, 11) is -3.59. The van der Waals surface area contributed by atoms with Crippen LogP contribution in [0.1, 0.15) is 56.2 Å². The second-order valence-electron chi connectivity index (χ2n) is 10.7. The fourth-order valence-electron chi connectivity index (χ4n) is 4.95. The van der Waals surface area contributed by atoms with Gasteiger partial charge < -0.3 is 15.0 Å². The highest BCUT2D eigenvalue weighted by molar-refractivity contribution is 7.92. The van der Waals surface area contributed by atoms with Gasteiger partial charge >= 0.3 is 0 Å². The number of unbranched alkanes of at least 4 members (excludes halogenated alkanes) is 1. The first-order valence-corrected chi connectivity index (χ1v) is 16.8. The van der Waals surface area contributed by atoms with Crippen LogP contribution in [0, 0.1) is 6.92 Å². The number of amides is 2. The van der Waals surface area contributed by atoms with E-state index in [-0.39, 0.29) is 31.3 Å². The Kier molecular flexibility index (Phi) is 13.1. The highest BCUT2D eigenvalue weighted by atomic mass is 32.2. The molecule has 232 valence electrons. The summed E-state index contributed by atoms with van der Waals surface area (Å²) in [5.41, 5.74) is 3.46. The Morgan fingerprint density at radius 2 is 1.60 bits per heavy atom. The van der Waals surface area contributed by atoms with Gasteiger partial charge in [0.05, 0.1) is 18.6 Å². The minimum atomic E-state index is -3.59. The third-order valence-electron chi connectivity index (χ3n) is 7.12. The number of hydrogen-bond acceptors (Lipinski definition) is 5. The van der Waals surface area contributed by atoms with Gasteiger partial charge in [-0.05, 0) is 62.1 Å². The Morgan fingerprint density at radius 3 is 2.23 bits per heavy atom. The van der Waals surface area contributed by atoms with Gasteiger partial charge in [0.25, 0.3) is 0 Å². The van der Waals surface area contributed by atoms with Crippen LogP contribution in [0.5, 0.6) is 5.75 Å². The second kappa shape index (κ2) is 16.7. The summed E-state index contributed by atoms with van der Waals surface area (Å²) in [5.74, 6) is 0.266. The number of anilines is 1. The molecule has 1 atom stereocenters. The van der Waals surface area contributed by atoms with E-state index in [9.17, 15) is 18.0 Å². The number of ether oxygens (including phenoxy) is 1. The molecule has 3 rings (SSSR count). The molecule has 0 fully saturated rings. The molecule has 43 heavy (non-hydrogen) atoms. The summed E-state index contributed by atoms with van der Waals surface area (Å²) in [5, 5.41) is 3.04. The van der Waals surface area contributed by atoms with Crippen LogP contribution in [0.2, 0.25) is 0 Å². The lowest BCUT2D eigenvalue weighted by atomic mass is 10.0. The van der Waals surface area contributed by atoms with Crippen molar-refractivity contribution in [3.8, 4) is 5.75 Å². The van der Waals surface area contributed by atoms with Crippen LogP contribution in [-0.2, 0) is 32.6 Å². The smallest absolute Gasteiger partial charge is 0.243 e. The molecule has 0 bridgehead atoms. The van der Waals surface area contributed by atoms with E-state index in [4.69, 9.17) is 4.74 Å². The highest BCUT2D eigenvalue weighted by Crippen LogP contribution is 2.23. The van der Waals surface area contributed by atoms with Crippen LogP contribution in [-0.4, -0.2) is 57.1 Å². The number of sulfonamides is 1. The first-order valence-electron chi connectivity index (χ1n) is 15.0. The number of carbonyl (C=O) groups is 2. The van der Waals surface area contributed by atoms with Crippen molar-refractivity contribution in [3.05, 3.63) is 95.6 Å². The van der Waals surface area contributed by atoms with Crippen LogP contribution in [0.15, 0.2) is 78.9 Å². The number of aryl methyl sites for hydroxylation is 1. The molecule has 3 aromatic rings. The van der Waals surface area contributed by atoms with Crippen LogP contribution in [0.4, 0.5) is 5.69 Å². The van der Waals surface area contributed by atoms with E-state index >= 15 is 0 Å². The van der Waals surface area contributed by atoms with Crippen molar-refractivity contribution in [2.75, 3.05) is 30.3 Å². The van der Waals surface area contributed by atoms with Crippen molar-refractivity contribution in [2.24, 2.45) is 0 Å². The maximum absolute atomic E-state index is 13.9. The van der Waals surface area contributed by atoms with Crippen LogP contribution < -0.4 is 14.4 Å². The predicted octanol–water partition coefficient (Wildman–Crippen LogP) is 5.50. The van der Waals surface area contributed by atoms with Crippen molar-refractivity contribution in [2.45, 2.75) is 65.5 Å². The lowest BCUT2D eigenvalue weighted by Gasteiger charge is -2.32. The highest BCUT2D eigenvalue weighted by Gasteiger charge is 2.30. The molecule has 0 aliphatic rings. The van der Waals surface area contributed by atoms with Gasteiger partial charge in [0.1, 0.15) is 11.8 Å². The minimum Gasteiger partial charge on any atom is -0.494 e. The van der Waals surface area contributed by atoms with Crippen molar-refractivity contribution < 1.29 is 22.7 Å². The summed E-state index contributed by atoms with van der Waals surface area (Å²) in [4.78, 5) is 29.2. The number of carbonyl (C=O) groups excluding carboxylic acids is 2. The minimum absolute atomic E-state index is 0.0857. The Labute approximate surface area is 257 Å². The molecule has 0 aliphatic heterocycles. The number of hydrogen-bond donors (Lipinski definition) is 1. The van der Waals surface area contributed by atoms with Crippen molar-refractivity contribution >= 4 is 27.5 Å². The molecule has 0 saturated carbocycles. The average molecular weight is 608 g/mol. The number of nitrogens with zero attached hydrogens (tertiary/aromatic N) is 2. The van der Waals surface area contributed by atoms with Gasteiger partial charge in [-0.15, -0.1) is 0 Å². The van der Waals surface area contributed by atoms with Gasteiger partial charge in [-0.25, -0.2) is 8.42 Å². The lowest BCUT2D eigenvalue weighted by Crippen LogP contribution is -2.50. The first kappa shape index (κ1) is 33.6. The van der Waals surface area contributed by atoms with E-state index < -0.39 is 16.1 Å². The van der Waals surface area contributed by atoms with E-state index in [1.165, 1.54) is 4.31 Å². The molecule has 3 aromatic carbocycles. The molecular formula is C34H45N3O5S. The van der Waals surface area contributed by atoms with E-state index in [0.717, 1.165) is 35.8 Å². The number of benzene rings is 3. The Balaban J connectivity index is 1.85. The zero-order valence-corrected chi connectivity index (χ0v) is 26.6. The van der Waals surface area contributed by atoms with Gasteiger partial charge in [0, 0.05) is 32.5 Å². The Morgan fingerprint density at radius 1 is 0.907 bits per heavy atom. The van der Waals surface area contributed by atoms with Gasteiger partial charge in [0.15, 0.2) is 0 Å². The monoisotopic (exact) mass is 607 g/mol. The fourth-order valence-corrected chi connectivity index (χ4v) is 5.91. The fraction of sp³-hybridized carbons (Fsp3) is 0.412. The van der Waals surface area contributed by atoms with Crippen molar-refractivity contribution in [1.29, 1.82) is 0 Å². The summed E-state index contributed by atoms with van der Waals surface area (Å²) in [6.45, 7) is 7.40. The van der Waals surface area contributed by atoms with E-state index in [1.807, 2.05) is 68.4 Å². The molecule has 9 heteroatoms. The van der Waals surface area contributed by atoms with Gasteiger partial charge in [-0.2, -0.15) is 0 Å². The third-order valence-corrected chi connectivity index (χ3v) is 8.32. The van der Waals surface area contributed by atoms with Crippen LogP contribution in [0.3, 0.4) is 0 Å².